The van der Waals surface area contributed by atoms with Crippen LogP contribution in [0, 0.1) is 5.92 Å². The third-order valence-corrected chi connectivity index (χ3v) is 4.32. The molecule has 2 atom stereocenters. The topological polar surface area (TPSA) is 66.4 Å². The van der Waals surface area contributed by atoms with E-state index in [-0.39, 0.29) is 12.0 Å². The summed E-state index contributed by atoms with van der Waals surface area (Å²) in [5.74, 6) is 1.14. The molecule has 2 unspecified atom stereocenters. The van der Waals surface area contributed by atoms with Gasteiger partial charge in [-0.15, -0.1) is 0 Å². The minimum atomic E-state index is -0.257. The van der Waals surface area contributed by atoms with Gasteiger partial charge in [0, 0.05) is 50.1 Å². The number of nitrogens with one attached hydrogen (secondary N) is 2. The Balaban J connectivity index is 1.69. The second-order valence-electron chi connectivity index (χ2n) is 5.88. The summed E-state index contributed by atoms with van der Waals surface area (Å²) < 4.78 is 5.47. The molecule has 1 fully saturated rings. The molecule has 1 aliphatic rings. The average molecular weight is 313 g/mol. The van der Waals surface area contributed by atoms with Gasteiger partial charge in [0.25, 0.3) is 0 Å². The number of methoxy groups -OCH3 is 1. The van der Waals surface area contributed by atoms with Gasteiger partial charge in [0.05, 0.1) is 13.2 Å². The zero-order chi connectivity index (χ0) is 16.1. The molecule has 1 saturated heterocycles. The maximum absolute atomic E-state index is 9.85. The Bertz CT molecular complexity index is 633. The lowest BCUT2D eigenvalue weighted by Gasteiger charge is -2.16. The van der Waals surface area contributed by atoms with Crippen molar-refractivity contribution in [3.63, 3.8) is 0 Å². The molecule has 0 radical (unpaired) electrons. The van der Waals surface area contributed by atoms with Gasteiger partial charge in [-0.3, -0.25) is 4.98 Å². The summed E-state index contributed by atoms with van der Waals surface area (Å²) >= 11 is 0. The van der Waals surface area contributed by atoms with Gasteiger partial charge in [-0.05, 0) is 35.4 Å². The van der Waals surface area contributed by atoms with Crippen LogP contribution in [0.1, 0.15) is 5.56 Å². The van der Waals surface area contributed by atoms with E-state index < -0.39 is 0 Å². The Kier molecular flexibility index (Phi) is 5.23. The standard InChI is InChI=1S/C18H23N3O2/c1-23-18-3-2-14(13-4-6-19-7-5-13)8-15(18)9-20-10-16-11-21-12-17(16)22/h2-8,16-17,20-22H,9-12H2,1H3. The van der Waals surface area contributed by atoms with Crippen LogP contribution in [-0.2, 0) is 6.54 Å². The van der Waals surface area contributed by atoms with Gasteiger partial charge in [-0.25, -0.2) is 0 Å². The number of aliphatic hydroxyl groups is 1. The third kappa shape index (κ3) is 3.88. The molecule has 1 aromatic carbocycles. The molecule has 5 heteroatoms. The first-order valence-corrected chi connectivity index (χ1v) is 7.94. The van der Waals surface area contributed by atoms with Crippen molar-refractivity contribution < 1.29 is 9.84 Å². The van der Waals surface area contributed by atoms with Crippen molar-refractivity contribution in [1.29, 1.82) is 0 Å². The van der Waals surface area contributed by atoms with Crippen LogP contribution in [-0.4, -0.2) is 42.9 Å². The SMILES string of the molecule is COc1ccc(-c2ccncc2)cc1CNCC1CNCC1O. The summed E-state index contributed by atoms with van der Waals surface area (Å²) in [7, 11) is 1.69. The van der Waals surface area contributed by atoms with E-state index in [1.54, 1.807) is 19.5 Å². The monoisotopic (exact) mass is 313 g/mol. The highest BCUT2D eigenvalue weighted by Gasteiger charge is 2.24. The number of rotatable bonds is 6. The van der Waals surface area contributed by atoms with Gasteiger partial charge in [0.2, 0.25) is 0 Å². The molecular weight excluding hydrogens is 290 g/mol. The summed E-state index contributed by atoms with van der Waals surface area (Å²) in [6.07, 6.45) is 3.34. The second kappa shape index (κ2) is 7.55. The maximum Gasteiger partial charge on any atom is 0.123 e. The molecule has 0 amide bonds. The van der Waals surface area contributed by atoms with Crippen LogP contribution in [0.5, 0.6) is 5.75 Å². The average Bonchev–Trinajstić information content (AvgIpc) is 3.01. The summed E-state index contributed by atoms with van der Waals surface area (Å²) in [6.45, 7) is 3.05. The van der Waals surface area contributed by atoms with Crippen LogP contribution < -0.4 is 15.4 Å². The first kappa shape index (κ1) is 15.9. The highest BCUT2D eigenvalue weighted by atomic mass is 16.5. The first-order valence-electron chi connectivity index (χ1n) is 7.94. The quantitative estimate of drug-likeness (QED) is 0.753. The van der Waals surface area contributed by atoms with Crippen LogP contribution in [0.15, 0.2) is 42.7 Å². The minimum Gasteiger partial charge on any atom is -0.496 e. The molecule has 122 valence electrons. The highest BCUT2D eigenvalue weighted by Crippen LogP contribution is 2.26. The number of β-amino-alcohol motifs (C(OH)–C–C–N with tert-alkyl or cyclic N) is 1. The van der Waals surface area contributed by atoms with E-state index in [2.05, 4.69) is 27.8 Å². The number of ether oxygens (including phenoxy) is 1. The van der Waals surface area contributed by atoms with Gasteiger partial charge >= 0.3 is 0 Å². The van der Waals surface area contributed by atoms with Crippen LogP contribution in [0.25, 0.3) is 11.1 Å². The number of aliphatic hydroxyl groups excluding tert-OH is 1. The van der Waals surface area contributed by atoms with Gasteiger partial charge in [0.15, 0.2) is 0 Å². The summed E-state index contributed by atoms with van der Waals surface area (Å²) in [4.78, 5) is 4.06. The van der Waals surface area contributed by atoms with Crippen LogP contribution in [0.3, 0.4) is 0 Å². The first-order chi connectivity index (χ1) is 11.3. The van der Waals surface area contributed by atoms with Crippen LogP contribution in [0.4, 0.5) is 0 Å². The molecule has 5 nitrogen and oxygen atoms in total. The van der Waals surface area contributed by atoms with Crippen molar-refractivity contribution in [1.82, 2.24) is 15.6 Å². The Morgan fingerprint density at radius 3 is 2.74 bits per heavy atom. The van der Waals surface area contributed by atoms with E-state index in [0.29, 0.717) is 13.1 Å². The fourth-order valence-corrected chi connectivity index (χ4v) is 2.96. The van der Waals surface area contributed by atoms with E-state index in [0.717, 1.165) is 35.5 Å². The van der Waals surface area contributed by atoms with E-state index in [4.69, 9.17) is 4.74 Å². The molecule has 0 saturated carbocycles. The lowest BCUT2D eigenvalue weighted by atomic mass is 10.0. The van der Waals surface area contributed by atoms with E-state index >= 15 is 0 Å². The lowest BCUT2D eigenvalue weighted by molar-refractivity contribution is 0.146. The predicted molar refractivity (Wildman–Crippen MR) is 90.3 cm³/mol. The molecule has 1 aliphatic heterocycles. The number of hydrogen-bond acceptors (Lipinski definition) is 5. The van der Waals surface area contributed by atoms with Crippen molar-refractivity contribution >= 4 is 0 Å². The number of pyridine rings is 1. The molecule has 2 heterocycles. The number of aromatic nitrogens is 1. The Labute approximate surface area is 136 Å². The predicted octanol–water partition coefficient (Wildman–Crippen LogP) is 1.43. The van der Waals surface area contributed by atoms with Gasteiger partial charge in [0.1, 0.15) is 5.75 Å². The second-order valence-corrected chi connectivity index (χ2v) is 5.88. The van der Waals surface area contributed by atoms with E-state index in [1.165, 1.54) is 0 Å². The molecule has 23 heavy (non-hydrogen) atoms. The molecule has 2 aromatic rings. The molecule has 0 aliphatic carbocycles. The molecular formula is C18H23N3O2. The van der Waals surface area contributed by atoms with Crippen molar-refractivity contribution in [3.8, 4) is 16.9 Å². The molecule has 1 aromatic heterocycles. The summed E-state index contributed by atoms with van der Waals surface area (Å²) in [5.41, 5.74) is 3.40. The van der Waals surface area contributed by atoms with Crippen molar-refractivity contribution in [3.05, 3.63) is 48.3 Å². The van der Waals surface area contributed by atoms with Crippen LogP contribution in [0.2, 0.25) is 0 Å². The van der Waals surface area contributed by atoms with Crippen molar-refractivity contribution in [2.75, 3.05) is 26.7 Å². The molecule has 0 bridgehead atoms. The van der Waals surface area contributed by atoms with Gasteiger partial charge < -0.3 is 20.5 Å². The largest absolute Gasteiger partial charge is 0.496 e. The minimum absolute atomic E-state index is 0.257. The molecule has 3 N–H and O–H groups in total. The third-order valence-electron chi connectivity index (χ3n) is 4.32. The van der Waals surface area contributed by atoms with Crippen molar-refractivity contribution in [2.45, 2.75) is 12.6 Å². The molecule has 3 rings (SSSR count). The Morgan fingerprint density at radius 1 is 1.22 bits per heavy atom. The van der Waals surface area contributed by atoms with E-state index in [1.807, 2.05) is 18.2 Å². The zero-order valence-electron chi connectivity index (χ0n) is 13.3. The maximum atomic E-state index is 9.85. The van der Waals surface area contributed by atoms with Gasteiger partial charge in [-0.1, -0.05) is 6.07 Å². The highest BCUT2D eigenvalue weighted by molar-refractivity contribution is 5.65. The van der Waals surface area contributed by atoms with Gasteiger partial charge in [-0.2, -0.15) is 0 Å². The molecule has 0 spiro atoms. The summed E-state index contributed by atoms with van der Waals surface area (Å²) in [6, 6.07) is 10.2. The van der Waals surface area contributed by atoms with Crippen molar-refractivity contribution in [2.24, 2.45) is 5.92 Å². The van der Waals surface area contributed by atoms with E-state index in [9.17, 15) is 5.11 Å². The summed E-state index contributed by atoms with van der Waals surface area (Å²) in [5, 5.41) is 16.5. The number of nitrogens with zero attached hydrogens (tertiary/aromatic N) is 1. The fraction of sp³-hybridized carbons (Fsp3) is 0.389. The fourth-order valence-electron chi connectivity index (χ4n) is 2.96. The Hall–Kier alpha value is -1.95. The number of benzene rings is 1. The normalized spacial score (nSPS) is 20.6. The zero-order valence-corrected chi connectivity index (χ0v) is 13.3. The number of hydrogen-bond donors (Lipinski definition) is 3. The van der Waals surface area contributed by atoms with Crippen LogP contribution >= 0.6 is 0 Å². The lowest BCUT2D eigenvalue weighted by Crippen LogP contribution is -2.30. The Morgan fingerprint density at radius 2 is 2.04 bits per heavy atom. The smallest absolute Gasteiger partial charge is 0.123 e.